The zero-order valence-corrected chi connectivity index (χ0v) is 24.4. The van der Waals surface area contributed by atoms with Gasteiger partial charge in [0.05, 0.1) is 24.0 Å². The minimum absolute atomic E-state index is 0.00667. The molecule has 3 aliphatic carbocycles. The largest absolute Gasteiger partial charge is 0.508 e. The number of pyridine rings is 1. The number of ketones is 2. The van der Waals surface area contributed by atoms with Gasteiger partial charge in [-0.1, -0.05) is 29.3 Å². The van der Waals surface area contributed by atoms with Gasteiger partial charge < -0.3 is 9.84 Å². The van der Waals surface area contributed by atoms with Crippen LogP contribution >= 0.6 is 11.6 Å². The highest BCUT2D eigenvalue weighted by molar-refractivity contribution is 6.33. The quantitative estimate of drug-likeness (QED) is 0.288. The number of carbonyl (C=O) groups excluding carboxylic acids is 4. The highest BCUT2D eigenvalue weighted by Gasteiger charge is 2.58. The van der Waals surface area contributed by atoms with Crippen LogP contribution in [0.3, 0.4) is 0 Å². The van der Waals surface area contributed by atoms with Gasteiger partial charge in [-0.05, 0) is 50.0 Å². The van der Waals surface area contributed by atoms with Crippen LogP contribution in [-0.4, -0.2) is 52.6 Å². The normalized spacial score (nSPS) is 24.9. The van der Waals surface area contributed by atoms with Gasteiger partial charge in [0, 0.05) is 41.3 Å². The van der Waals surface area contributed by atoms with Crippen LogP contribution in [0.15, 0.2) is 64.8 Å². The number of allylic oxidation sites excluding steroid dienone is 6. The number of nitrogens with zero attached hydrogens (tertiary/aromatic N) is 3. The van der Waals surface area contributed by atoms with Gasteiger partial charge in [-0.3, -0.25) is 24.2 Å². The number of ether oxygens (including phenoxy) is 1. The Bertz CT molecular complexity index is 1760. The van der Waals surface area contributed by atoms with Crippen molar-refractivity contribution in [2.45, 2.75) is 31.9 Å². The van der Waals surface area contributed by atoms with Gasteiger partial charge in [-0.2, -0.15) is 18.2 Å². The van der Waals surface area contributed by atoms with E-state index in [0.717, 1.165) is 16.1 Å². The smallest absolute Gasteiger partial charge is 0.433 e. The number of aromatic nitrogens is 1. The van der Waals surface area contributed by atoms with E-state index < -0.39 is 53.2 Å². The highest BCUT2D eigenvalue weighted by Crippen LogP contribution is 2.56. The van der Waals surface area contributed by atoms with Crippen LogP contribution in [0.5, 0.6) is 11.5 Å². The number of imide groups is 1. The first-order chi connectivity index (χ1) is 20.7. The van der Waals surface area contributed by atoms with Gasteiger partial charge in [-0.15, -0.1) is 0 Å². The van der Waals surface area contributed by atoms with Crippen molar-refractivity contribution in [3.8, 4) is 11.5 Å². The third-order valence-electron chi connectivity index (χ3n) is 8.79. The lowest BCUT2D eigenvalue weighted by Crippen LogP contribution is -2.46. The first-order valence-corrected chi connectivity index (χ1v) is 14.0. The summed E-state index contributed by atoms with van der Waals surface area (Å²) >= 11 is 6.18. The number of anilines is 1. The van der Waals surface area contributed by atoms with Crippen molar-refractivity contribution in [1.82, 2.24) is 9.99 Å². The Hall–Kier alpha value is -4.45. The third-order valence-corrected chi connectivity index (χ3v) is 9.09. The number of phenolic OH excluding ortho intramolecular Hbond substituents is 1. The van der Waals surface area contributed by atoms with E-state index >= 15 is 0 Å². The summed E-state index contributed by atoms with van der Waals surface area (Å²) in [5, 5.41) is 11.6. The Labute approximate surface area is 254 Å². The molecular weight excluding hydrogens is 603 g/mol. The van der Waals surface area contributed by atoms with Gasteiger partial charge >= 0.3 is 6.18 Å². The second-order valence-electron chi connectivity index (χ2n) is 11.2. The Morgan fingerprint density at radius 1 is 1.09 bits per heavy atom. The zero-order valence-electron chi connectivity index (χ0n) is 23.6. The molecule has 0 unspecified atom stereocenters. The first-order valence-electron chi connectivity index (χ1n) is 13.7. The third kappa shape index (κ3) is 4.42. The summed E-state index contributed by atoms with van der Waals surface area (Å²) in [6.45, 7) is 1.55. The van der Waals surface area contributed by atoms with Gasteiger partial charge in [0.15, 0.2) is 17.4 Å². The Kier molecular flexibility index (Phi) is 6.95. The number of hydrazine groups is 1. The number of hydrogen-bond donors (Lipinski definition) is 1. The molecule has 13 heteroatoms. The number of fused-ring (bicyclic) bond motifs is 3. The minimum atomic E-state index is -4.79. The van der Waals surface area contributed by atoms with E-state index in [1.807, 2.05) is 0 Å². The second kappa shape index (κ2) is 10.3. The number of rotatable bonds is 4. The lowest BCUT2D eigenvalue weighted by Gasteiger charge is -2.42. The number of Topliss-reactive ketones (excluding diaryl/α,β-unsaturated/α-hetero) is 1. The number of alkyl halides is 3. The zero-order chi connectivity index (χ0) is 31.8. The fourth-order valence-corrected chi connectivity index (χ4v) is 7.07. The molecule has 1 saturated heterocycles. The maximum Gasteiger partial charge on any atom is 0.433 e. The number of halogens is 4. The minimum Gasteiger partial charge on any atom is -0.508 e. The van der Waals surface area contributed by atoms with E-state index in [-0.39, 0.29) is 57.6 Å². The molecule has 1 N–H and O–H groups in total. The number of hydrogen-bond acceptors (Lipinski definition) is 8. The lowest BCUT2D eigenvalue weighted by molar-refractivity contribution is -0.141. The molecular formula is C31H25ClF3N3O6. The summed E-state index contributed by atoms with van der Waals surface area (Å²) in [6.07, 6.45) is -1.63. The number of carbonyl (C=O) groups is 4. The van der Waals surface area contributed by atoms with Crippen molar-refractivity contribution < 1.29 is 42.2 Å². The SMILES string of the molecule is COc1cc(O)ccc1[C@H]1C2=CC[C@@H]3C(=O)N(N(C)c4nc(C(F)(F)F)ccc4Cl)C(=O)[C@@H]3[C@@H]2CC2=C1C(=O)C(C)=CC2=O. The standard InChI is InChI=1S/C31H25ClF3N3O6/c1-13-10-21(40)19-12-18-15(24(26(19)27(13)41)16-5-4-14(39)11-22(16)44-3)6-7-17-25(18)30(43)38(29(17)42)37(2)28-20(32)8-9-23(36-28)31(33,34)35/h4-6,8-11,17-18,24-25,39H,7,12H2,1-3H3/t17-,18+,24+,25-/m0/s1. The van der Waals surface area contributed by atoms with E-state index in [0.29, 0.717) is 17.2 Å². The fourth-order valence-electron chi connectivity index (χ4n) is 6.84. The number of methoxy groups -OCH3 is 1. The van der Waals surface area contributed by atoms with E-state index in [9.17, 15) is 37.5 Å². The monoisotopic (exact) mass is 627 g/mol. The van der Waals surface area contributed by atoms with Crippen LogP contribution in [-0.2, 0) is 25.4 Å². The molecule has 0 spiro atoms. The molecule has 1 aromatic carbocycles. The van der Waals surface area contributed by atoms with Crippen molar-refractivity contribution in [2.24, 2.45) is 17.8 Å². The van der Waals surface area contributed by atoms with Gasteiger partial charge in [0.25, 0.3) is 11.8 Å². The summed E-state index contributed by atoms with van der Waals surface area (Å²) in [5.41, 5.74) is 0.628. The summed E-state index contributed by atoms with van der Waals surface area (Å²) in [6, 6.07) is 6.10. The molecule has 0 saturated carbocycles. The molecule has 0 bridgehead atoms. The topological polar surface area (TPSA) is 117 Å². The molecule has 6 rings (SSSR count). The summed E-state index contributed by atoms with van der Waals surface area (Å²) in [4.78, 5) is 58.3. The first kappa shape index (κ1) is 29.6. The van der Waals surface area contributed by atoms with E-state index in [1.165, 1.54) is 32.4 Å². The van der Waals surface area contributed by atoms with Crippen molar-refractivity contribution >= 4 is 40.8 Å². The Balaban J connectivity index is 1.45. The fraction of sp³-hybridized carbons (Fsp3) is 0.323. The van der Waals surface area contributed by atoms with Crippen molar-refractivity contribution in [1.29, 1.82) is 0 Å². The Morgan fingerprint density at radius 2 is 1.82 bits per heavy atom. The molecule has 4 aliphatic rings. The van der Waals surface area contributed by atoms with E-state index in [1.54, 1.807) is 19.1 Å². The molecule has 9 nitrogen and oxygen atoms in total. The number of benzene rings is 1. The molecule has 4 atom stereocenters. The highest BCUT2D eigenvalue weighted by atomic mass is 35.5. The number of aromatic hydroxyl groups is 1. The van der Waals surface area contributed by atoms with Gasteiger partial charge in [-0.25, -0.2) is 4.98 Å². The predicted octanol–water partition coefficient (Wildman–Crippen LogP) is 4.95. The molecule has 2 amide bonds. The van der Waals surface area contributed by atoms with Gasteiger partial charge in [0.1, 0.15) is 17.2 Å². The summed E-state index contributed by atoms with van der Waals surface area (Å²) in [7, 11) is 2.64. The molecule has 44 heavy (non-hydrogen) atoms. The average molecular weight is 628 g/mol. The predicted molar refractivity (Wildman–Crippen MR) is 150 cm³/mol. The van der Waals surface area contributed by atoms with Crippen LogP contribution < -0.4 is 9.75 Å². The van der Waals surface area contributed by atoms with Crippen molar-refractivity contribution in [3.63, 3.8) is 0 Å². The average Bonchev–Trinajstić information content (AvgIpc) is 3.23. The molecule has 2 heterocycles. The molecule has 0 radical (unpaired) electrons. The number of phenols is 1. The van der Waals surface area contributed by atoms with Crippen LogP contribution in [0.4, 0.5) is 19.0 Å². The molecule has 1 aromatic heterocycles. The maximum atomic E-state index is 14.1. The lowest BCUT2D eigenvalue weighted by atomic mass is 9.59. The molecule has 1 aliphatic heterocycles. The second-order valence-corrected chi connectivity index (χ2v) is 11.6. The van der Waals surface area contributed by atoms with Crippen LogP contribution in [0.25, 0.3) is 0 Å². The van der Waals surface area contributed by atoms with Crippen molar-refractivity contribution in [3.05, 3.63) is 81.1 Å². The summed E-state index contributed by atoms with van der Waals surface area (Å²) < 4.78 is 45.8. The summed E-state index contributed by atoms with van der Waals surface area (Å²) in [5.74, 6) is -5.65. The van der Waals surface area contributed by atoms with E-state index in [2.05, 4.69) is 4.98 Å². The van der Waals surface area contributed by atoms with Crippen LogP contribution in [0.1, 0.15) is 36.9 Å². The Morgan fingerprint density at radius 3 is 2.50 bits per heavy atom. The van der Waals surface area contributed by atoms with Gasteiger partial charge in [0.2, 0.25) is 0 Å². The molecule has 1 fully saturated rings. The van der Waals surface area contributed by atoms with Crippen LogP contribution in [0, 0.1) is 17.8 Å². The molecule has 2 aromatic rings. The maximum absolute atomic E-state index is 14.1. The van der Waals surface area contributed by atoms with Crippen molar-refractivity contribution in [2.75, 3.05) is 19.2 Å². The molecule has 228 valence electrons. The van der Waals surface area contributed by atoms with E-state index in [4.69, 9.17) is 16.3 Å². The number of amides is 2. The van der Waals surface area contributed by atoms with Crippen LogP contribution in [0.2, 0.25) is 5.02 Å².